The molecule has 0 radical (unpaired) electrons. The number of anilines is 1. The summed E-state index contributed by atoms with van der Waals surface area (Å²) in [5, 5.41) is 0. The van der Waals surface area contributed by atoms with Gasteiger partial charge in [-0.3, -0.25) is 4.90 Å². The molecule has 0 spiro atoms. The minimum absolute atomic E-state index is 0.129. The molecule has 3 rings (SSSR count). The van der Waals surface area contributed by atoms with Gasteiger partial charge >= 0.3 is 0 Å². The van der Waals surface area contributed by atoms with Gasteiger partial charge in [-0.2, -0.15) is 0 Å². The summed E-state index contributed by atoms with van der Waals surface area (Å²) in [7, 11) is 0. The first-order chi connectivity index (χ1) is 9.54. The van der Waals surface area contributed by atoms with E-state index in [-0.39, 0.29) is 11.9 Å². The van der Waals surface area contributed by atoms with Gasteiger partial charge < -0.3 is 5.73 Å². The van der Waals surface area contributed by atoms with Crippen molar-refractivity contribution in [1.82, 2.24) is 4.90 Å². The summed E-state index contributed by atoms with van der Waals surface area (Å²) < 4.78 is 13.7. The Hall–Kier alpha value is -1.87. The molecule has 0 fully saturated rings. The fourth-order valence-electron chi connectivity index (χ4n) is 2.79. The summed E-state index contributed by atoms with van der Waals surface area (Å²) >= 11 is 0. The summed E-state index contributed by atoms with van der Waals surface area (Å²) in [5.74, 6) is -0.129. The van der Waals surface area contributed by atoms with Crippen molar-refractivity contribution in [3.05, 3.63) is 64.5 Å². The summed E-state index contributed by atoms with van der Waals surface area (Å²) in [6.45, 7) is 5.68. The number of hydrogen-bond donors (Lipinski definition) is 1. The van der Waals surface area contributed by atoms with Crippen LogP contribution >= 0.6 is 0 Å². The third-order valence-electron chi connectivity index (χ3n) is 4.20. The molecule has 0 saturated carbocycles. The minimum Gasteiger partial charge on any atom is -0.399 e. The average Bonchev–Trinajstić information content (AvgIpc) is 2.84. The smallest absolute Gasteiger partial charge is 0.126 e. The van der Waals surface area contributed by atoms with E-state index in [1.807, 2.05) is 24.3 Å². The fourth-order valence-corrected chi connectivity index (χ4v) is 2.79. The van der Waals surface area contributed by atoms with Crippen molar-refractivity contribution in [1.29, 1.82) is 0 Å². The second-order valence-electron chi connectivity index (χ2n) is 5.62. The van der Waals surface area contributed by atoms with E-state index in [9.17, 15) is 4.39 Å². The van der Waals surface area contributed by atoms with Crippen LogP contribution in [0, 0.1) is 12.7 Å². The Morgan fingerprint density at radius 2 is 1.85 bits per heavy atom. The molecule has 1 aliphatic heterocycles. The number of nitrogen functional groups attached to an aromatic ring is 1. The Labute approximate surface area is 119 Å². The first-order valence-corrected chi connectivity index (χ1v) is 6.92. The lowest BCUT2D eigenvalue weighted by Crippen LogP contribution is -2.20. The lowest BCUT2D eigenvalue weighted by Gasteiger charge is -2.24. The van der Waals surface area contributed by atoms with Crippen molar-refractivity contribution in [2.75, 3.05) is 5.73 Å². The van der Waals surface area contributed by atoms with Crippen LogP contribution in [0.4, 0.5) is 10.1 Å². The van der Waals surface area contributed by atoms with Crippen LogP contribution in [0.3, 0.4) is 0 Å². The number of nitrogens with two attached hydrogens (primary N) is 1. The van der Waals surface area contributed by atoms with E-state index >= 15 is 0 Å². The SMILES string of the molecule is Cc1ccc(C(C)N2Cc3ccc(N)cc3C2)cc1F. The van der Waals surface area contributed by atoms with Crippen LogP contribution in [0.5, 0.6) is 0 Å². The van der Waals surface area contributed by atoms with Crippen LogP contribution in [0.2, 0.25) is 0 Å². The van der Waals surface area contributed by atoms with Gasteiger partial charge in [-0.05, 0) is 54.3 Å². The number of nitrogens with zero attached hydrogens (tertiary/aromatic N) is 1. The average molecular weight is 270 g/mol. The zero-order chi connectivity index (χ0) is 14.3. The molecule has 0 bridgehead atoms. The standard InChI is InChI=1S/C17H19FN2/c1-11-3-4-13(8-17(11)18)12(2)20-9-14-5-6-16(19)7-15(14)10-20/h3-8,12H,9-10,19H2,1-2H3. The van der Waals surface area contributed by atoms with Crippen molar-refractivity contribution in [3.8, 4) is 0 Å². The lowest BCUT2D eigenvalue weighted by molar-refractivity contribution is 0.214. The third kappa shape index (κ3) is 2.29. The highest BCUT2D eigenvalue weighted by Gasteiger charge is 2.24. The van der Waals surface area contributed by atoms with E-state index in [0.29, 0.717) is 5.56 Å². The monoisotopic (exact) mass is 270 g/mol. The number of benzene rings is 2. The zero-order valence-corrected chi connectivity index (χ0v) is 11.9. The normalized spacial score (nSPS) is 16.1. The third-order valence-corrected chi connectivity index (χ3v) is 4.20. The van der Waals surface area contributed by atoms with Gasteiger partial charge in [0.05, 0.1) is 0 Å². The number of aryl methyl sites for hydroxylation is 1. The molecule has 1 heterocycles. The molecule has 0 aliphatic carbocycles. The van der Waals surface area contributed by atoms with Crippen molar-refractivity contribution < 1.29 is 4.39 Å². The van der Waals surface area contributed by atoms with Gasteiger partial charge in [-0.15, -0.1) is 0 Å². The predicted molar refractivity (Wildman–Crippen MR) is 79.7 cm³/mol. The van der Waals surface area contributed by atoms with E-state index in [0.717, 1.165) is 24.3 Å². The predicted octanol–water partition coefficient (Wildman–Crippen LogP) is 3.79. The number of halogens is 1. The molecule has 1 atom stereocenters. The van der Waals surface area contributed by atoms with Crippen molar-refractivity contribution in [2.24, 2.45) is 0 Å². The number of hydrogen-bond acceptors (Lipinski definition) is 2. The molecular weight excluding hydrogens is 251 g/mol. The highest BCUT2D eigenvalue weighted by Crippen LogP contribution is 2.32. The summed E-state index contributed by atoms with van der Waals surface area (Å²) in [6, 6.07) is 11.8. The topological polar surface area (TPSA) is 29.3 Å². The van der Waals surface area contributed by atoms with Crippen LogP contribution in [-0.2, 0) is 13.1 Å². The molecule has 2 nitrogen and oxygen atoms in total. The molecule has 2 aromatic carbocycles. The van der Waals surface area contributed by atoms with Crippen molar-refractivity contribution in [3.63, 3.8) is 0 Å². The van der Waals surface area contributed by atoms with Gasteiger partial charge in [-0.1, -0.05) is 18.2 Å². The van der Waals surface area contributed by atoms with Crippen LogP contribution in [0.1, 0.15) is 35.2 Å². The molecular formula is C17H19FN2. The Morgan fingerprint density at radius 1 is 1.10 bits per heavy atom. The van der Waals surface area contributed by atoms with Crippen molar-refractivity contribution in [2.45, 2.75) is 33.0 Å². The Kier molecular flexibility index (Phi) is 3.22. The molecule has 1 unspecified atom stereocenters. The second kappa shape index (κ2) is 4.91. The summed E-state index contributed by atoms with van der Waals surface area (Å²) in [4.78, 5) is 2.34. The number of fused-ring (bicyclic) bond motifs is 1. The molecule has 0 aromatic heterocycles. The fraction of sp³-hybridized carbons (Fsp3) is 0.294. The van der Waals surface area contributed by atoms with Gasteiger partial charge in [0.15, 0.2) is 0 Å². The van der Waals surface area contributed by atoms with Crippen LogP contribution in [-0.4, -0.2) is 4.90 Å². The molecule has 1 aliphatic rings. The van der Waals surface area contributed by atoms with E-state index in [1.165, 1.54) is 11.1 Å². The molecule has 104 valence electrons. The Balaban J connectivity index is 1.83. The molecule has 0 saturated heterocycles. The second-order valence-corrected chi connectivity index (χ2v) is 5.62. The van der Waals surface area contributed by atoms with E-state index in [2.05, 4.69) is 17.9 Å². The highest BCUT2D eigenvalue weighted by atomic mass is 19.1. The molecule has 0 amide bonds. The quantitative estimate of drug-likeness (QED) is 0.841. The lowest BCUT2D eigenvalue weighted by atomic mass is 10.0. The van der Waals surface area contributed by atoms with Gasteiger partial charge in [0.2, 0.25) is 0 Å². The molecule has 2 aromatic rings. The summed E-state index contributed by atoms with van der Waals surface area (Å²) in [5.41, 5.74) is 11.0. The molecule has 2 N–H and O–H groups in total. The van der Waals surface area contributed by atoms with E-state index in [4.69, 9.17) is 5.73 Å². The molecule has 20 heavy (non-hydrogen) atoms. The van der Waals surface area contributed by atoms with Crippen LogP contribution in [0.25, 0.3) is 0 Å². The zero-order valence-electron chi connectivity index (χ0n) is 11.9. The maximum absolute atomic E-state index is 13.7. The van der Waals surface area contributed by atoms with Crippen LogP contribution in [0.15, 0.2) is 36.4 Å². The first-order valence-electron chi connectivity index (χ1n) is 6.92. The molecule has 3 heteroatoms. The van der Waals surface area contributed by atoms with Crippen molar-refractivity contribution >= 4 is 5.69 Å². The Morgan fingerprint density at radius 3 is 2.60 bits per heavy atom. The van der Waals surface area contributed by atoms with Gasteiger partial charge in [0.25, 0.3) is 0 Å². The van der Waals surface area contributed by atoms with E-state index < -0.39 is 0 Å². The van der Waals surface area contributed by atoms with Gasteiger partial charge in [0, 0.05) is 24.8 Å². The summed E-state index contributed by atoms with van der Waals surface area (Å²) in [6.07, 6.45) is 0. The maximum atomic E-state index is 13.7. The van der Waals surface area contributed by atoms with Gasteiger partial charge in [-0.25, -0.2) is 4.39 Å². The highest BCUT2D eigenvalue weighted by molar-refractivity contribution is 5.46. The van der Waals surface area contributed by atoms with Crippen LogP contribution < -0.4 is 5.73 Å². The first kappa shape index (κ1) is 13.1. The largest absolute Gasteiger partial charge is 0.399 e. The number of rotatable bonds is 2. The maximum Gasteiger partial charge on any atom is 0.126 e. The minimum atomic E-state index is -0.129. The van der Waals surface area contributed by atoms with E-state index in [1.54, 1.807) is 13.0 Å². The van der Waals surface area contributed by atoms with Gasteiger partial charge in [0.1, 0.15) is 5.82 Å². The Bertz CT molecular complexity index is 651.